The Morgan fingerprint density at radius 3 is 2.88 bits per heavy atom. The van der Waals surface area contributed by atoms with E-state index < -0.39 is 5.97 Å². The monoisotopic (exact) mass is 356 g/mol. The molecule has 0 amide bonds. The summed E-state index contributed by atoms with van der Waals surface area (Å²) in [7, 11) is 0. The number of ether oxygens (including phenoxy) is 2. The lowest BCUT2D eigenvalue weighted by Crippen LogP contribution is -2.36. The van der Waals surface area contributed by atoms with Gasteiger partial charge in [-0.3, -0.25) is 0 Å². The van der Waals surface area contributed by atoms with Crippen molar-refractivity contribution >= 4 is 5.97 Å². The highest BCUT2D eigenvalue weighted by molar-refractivity contribution is 5.95. The quantitative estimate of drug-likeness (QED) is 0.623. The van der Waals surface area contributed by atoms with Gasteiger partial charge in [0.15, 0.2) is 0 Å². The molecule has 0 aromatic heterocycles. The molecule has 1 heterocycles. The van der Waals surface area contributed by atoms with E-state index in [1.807, 2.05) is 6.08 Å². The van der Waals surface area contributed by atoms with Gasteiger partial charge in [-0.25, -0.2) is 4.79 Å². The summed E-state index contributed by atoms with van der Waals surface area (Å²) in [6.45, 7) is 6.61. The molecule has 3 aliphatic rings. The molecule has 0 bridgehead atoms. The molecular weight excluding hydrogens is 328 g/mol. The first-order valence-electron chi connectivity index (χ1n) is 9.85. The lowest BCUT2D eigenvalue weighted by Gasteiger charge is -2.36. The molecule has 4 nitrogen and oxygen atoms in total. The van der Waals surface area contributed by atoms with E-state index >= 15 is 0 Å². The summed E-state index contributed by atoms with van der Waals surface area (Å²) in [5, 5.41) is 10.4. The number of hydrogen-bond donors (Lipinski definition) is 1. The molecule has 0 unspecified atom stereocenters. The van der Waals surface area contributed by atoms with E-state index in [9.17, 15) is 9.90 Å². The molecule has 4 rings (SSSR count). The molecular formula is C22H28O4. The number of hydrogen-bond acceptors (Lipinski definition) is 4. The van der Waals surface area contributed by atoms with Crippen LogP contribution in [0.4, 0.5) is 0 Å². The van der Waals surface area contributed by atoms with Crippen LogP contribution in [0.2, 0.25) is 0 Å². The number of rotatable bonds is 3. The number of phenolic OH excluding ortho intramolecular Hbond substituents is 1. The highest BCUT2D eigenvalue weighted by atomic mass is 16.5. The third kappa shape index (κ3) is 2.89. The second kappa shape index (κ2) is 6.64. The first-order valence-corrected chi connectivity index (χ1v) is 9.85. The minimum absolute atomic E-state index is 0.00476. The Hall–Kier alpha value is -1.97. The smallest absolute Gasteiger partial charge is 0.342 e. The maximum Gasteiger partial charge on any atom is 0.342 e. The lowest BCUT2D eigenvalue weighted by atomic mass is 9.75. The molecule has 140 valence electrons. The molecule has 1 fully saturated rings. The summed E-state index contributed by atoms with van der Waals surface area (Å²) in [4.78, 5) is 13.1. The van der Waals surface area contributed by atoms with Crippen molar-refractivity contribution in [1.82, 2.24) is 0 Å². The predicted molar refractivity (Wildman–Crippen MR) is 99.6 cm³/mol. The van der Waals surface area contributed by atoms with Gasteiger partial charge in [-0.1, -0.05) is 33.3 Å². The van der Waals surface area contributed by atoms with Crippen LogP contribution in [-0.2, 0) is 4.74 Å². The van der Waals surface area contributed by atoms with E-state index in [1.165, 1.54) is 6.42 Å². The molecule has 4 heteroatoms. The van der Waals surface area contributed by atoms with E-state index in [0.717, 1.165) is 24.8 Å². The molecule has 0 radical (unpaired) electrons. The zero-order valence-corrected chi connectivity index (χ0v) is 15.8. The number of allylic oxidation sites excluding steroid dienone is 1. The van der Waals surface area contributed by atoms with Gasteiger partial charge in [0, 0.05) is 11.5 Å². The summed E-state index contributed by atoms with van der Waals surface area (Å²) >= 11 is 0. The fourth-order valence-electron chi connectivity index (χ4n) is 4.90. The number of benzene rings is 1. The van der Waals surface area contributed by atoms with Crippen LogP contribution in [0, 0.1) is 17.8 Å². The highest BCUT2D eigenvalue weighted by Gasteiger charge is 2.41. The Labute approximate surface area is 155 Å². The Balaban J connectivity index is 1.62. The van der Waals surface area contributed by atoms with Crippen molar-refractivity contribution in [2.24, 2.45) is 17.8 Å². The van der Waals surface area contributed by atoms with Crippen molar-refractivity contribution < 1.29 is 19.4 Å². The maximum atomic E-state index is 13.1. The van der Waals surface area contributed by atoms with Gasteiger partial charge >= 0.3 is 5.97 Å². The van der Waals surface area contributed by atoms with Crippen molar-refractivity contribution in [3.63, 3.8) is 0 Å². The second-order valence-corrected chi connectivity index (χ2v) is 8.49. The predicted octanol–water partition coefficient (Wildman–Crippen LogP) is 4.81. The molecule has 5 atom stereocenters. The second-order valence-electron chi connectivity index (χ2n) is 8.49. The molecule has 1 N–H and O–H groups in total. The van der Waals surface area contributed by atoms with E-state index in [4.69, 9.17) is 9.47 Å². The van der Waals surface area contributed by atoms with Crippen LogP contribution >= 0.6 is 0 Å². The van der Waals surface area contributed by atoms with Crippen molar-refractivity contribution in [2.45, 2.75) is 64.6 Å². The minimum Gasteiger partial charge on any atom is -0.507 e. The lowest BCUT2D eigenvalue weighted by molar-refractivity contribution is -0.0177. The van der Waals surface area contributed by atoms with Crippen LogP contribution in [0.5, 0.6) is 11.5 Å². The fraction of sp³-hybridized carbons (Fsp3) is 0.591. The van der Waals surface area contributed by atoms with E-state index in [2.05, 4.69) is 26.8 Å². The molecule has 26 heavy (non-hydrogen) atoms. The van der Waals surface area contributed by atoms with Gasteiger partial charge in [-0.15, -0.1) is 0 Å². The third-order valence-corrected chi connectivity index (χ3v) is 6.35. The SMILES string of the molecule is CC(C)[C@@H]1CC[C@@H](C)C[C@H]1OC(=O)c1c(O)ccc2c1[C@@H]1CC=C[C@@H]1O2. The van der Waals surface area contributed by atoms with Crippen molar-refractivity contribution in [1.29, 1.82) is 0 Å². The van der Waals surface area contributed by atoms with Crippen LogP contribution in [0.15, 0.2) is 24.3 Å². The summed E-state index contributed by atoms with van der Waals surface area (Å²) in [5.41, 5.74) is 1.12. The molecule has 1 aliphatic heterocycles. The molecule has 1 aromatic rings. The normalized spacial score (nSPS) is 32.2. The molecule has 0 saturated heterocycles. The molecule has 0 spiro atoms. The molecule has 1 saturated carbocycles. The van der Waals surface area contributed by atoms with Crippen molar-refractivity contribution in [2.75, 3.05) is 0 Å². The van der Waals surface area contributed by atoms with Gasteiger partial charge in [0.1, 0.15) is 29.3 Å². The average Bonchev–Trinajstić information content (AvgIpc) is 3.15. The van der Waals surface area contributed by atoms with Crippen LogP contribution in [0.25, 0.3) is 0 Å². The maximum absolute atomic E-state index is 13.1. The zero-order chi connectivity index (χ0) is 18.4. The summed E-state index contributed by atoms with van der Waals surface area (Å²) in [5.74, 6) is 1.81. The molecule has 1 aromatic carbocycles. The first kappa shape index (κ1) is 17.4. The Kier molecular flexibility index (Phi) is 4.45. The van der Waals surface area contributed by atoms with Crippen molar-refractivity contribution in [3.05, 3.63) is 35.4 Å². The van der Waals surface area contributed by atoms with Gasteiger partial charge < -0.3 is 14.6 Å². The first-order chi connectivity index (χ1) is 12.5. The van der Waals surface area contributed by atoms with Gasteiger partial charge in [0.2, 0.25) is 0 Å². The van der Waals surface area contributed by atoms with Gasteiger partial charge in [0.05, 0.1) is 0 Å². The topological polar surface area (TPSA) is 55.8 Å². The average molecular weight is 356 g/mol. The number of aromatic hydroxyl groups is 1. The highest BCUT2D eigenvalue weighted by Crippen LogP contribution is 2.48. The standard InChI is InChI=1S/C22H28O4/c1-12(2)14-8-7-13(3)11-19(14)26-22(24)21-16(23)9-10-18-20(21)15-5-4-6-17(15)25-18/h4,6,9-10,12-15,17,19,23H,5,7-8,11H2,1-3H3/t13-,14+,15-,17+,19-/m1/s1. The van der Waals surface area contributed by atoms with E-state index in [1.54, 1.807) is 12.1 Å². The summed E-state index contributed by atoms with van der Waals surface area (Å²) in [6.07, 6.45) is 8.01. The third-order valence-electron chi connectivity index (χ3n) is 6.35. The van der Waals surface area contributed by atoms with Crippen molar-refractivity contribution in [3.8, 4) is 11.5 Å². The zero-order valence-electron chi connectivity index (χ0n) is 15.8. The Morgan fingerprint density at radius 2 is 2.12 bits per heavy atom. The fourth-order valence-corrected chi connectivity index (χ4v) is 4.90. The molecule has 2 aliphatic carbocycles. The van der Waals surface area contributed by atoms with Crippen LogP contribution in [0.1, 0.15) is 68.3 Å². The number of fused-ring (bicyclic) bond motifs is 3. The Morgan fingerprint density at radius 1 is 1.31 bits per heavy atom. The number of esters is 1. The van der Waals surface area contributed by atoms with E-state index in [0.29, 0.717) is 29.1 Å². The largest absolute Gasteiger partial charge is 0.507 e. The van der Waals surface area contributed by atoms with Crippen LogP contribution in [-0.4, -0.2) is 23.3 Å². The summed E-state index contributed by atoms with van der Waals surface area (Å²) in [6, 6.07) is 3.30. The Bertz CT molecular complexity index is 736. The summed E-state index contributed by atoms with van der Waals surface area (Å²) < 4.78 is 11.9. The minimum atomic E-state index is -0.403. The number of phenols is 1. The number of carbonyl (C=O) groups is 1. The van der Waals surface area contributed by atoms with Gasteiger partial charge in [-0.05, 0) is 55.2 Å². The van der Waals surface area contributed by atoms with Crippen LogP contribution < -0.4 is 4.74 Å². The van der Waals surface area contributed by atoms with Gasteiger partial charge in [-0.2, -0.15) is 0 Å². The van der Waals surface area contributed by atoms with Gasteiger partial charge in [0.25, 0.3) is 0 Å². The number of carbonyl (C=O) groups excluding carboxylic acids is 1. The van der Waals surface area contributed by atoms with Crippen LogP contribution in [0.3, 0.4) is 0 Å². The van der Waals surface area contributed by atoms with E-state index in [-0.39, 0.29) is 23.9 Å².